The molecule has 0 fully saturated rings. The van der Waals surface area contributed by atoms with E-state index >= 15 is 0 Å². The number of likely N-dealkylation sites (N-methyl/N-ethyl adjacent to an activating group) is 1. The van der Waals surface area contributed by atoms with Gasteiger partial charge in [0.2, 0.25) is 5.91 Å². The van der Waals surface area contributed by atoms with Gasteiger partial charge in [0.05, 0.1) is 11.0 Å². The molecule has 0 bridgehead atoms. The average molecular weight is 356 g/mol. The van der Waals surface area contributed by atoms with Crippen molar-refractivity contribution in [3.8, 4) is 0 Å². The Labute approximate surface area is 152 Å². The first-order valence-corrected chi connectivity index (χ1v) is 8.91. The second kappa shape index (κ2) is 8.17. The van der Waals surface area contributed by atoms with Gasteiger partial charge < -0.3 is 9.88 Å². The number of aryl methyl sites for hydroxylation is 1. The average Bonchev–Trinajstić information content (AvgIpc) is 3.04. The molecule has 0 aliphatic carbocycles. The molecule has 5 heteroatoms. The zero-order chi connectivity index (χ0) is 17.6. The van der Waals surface area contributed by atoms with E-state index in [9.17, 15) is 4.79 Å². The topological polar surface area (TPSA) is 49.0 Å². The summed E-state index contributed by atoms with van der Waals surface area (Å²) in [7, 11) is 1.85. The van der Waals surface area contributed by atoms with Crippen molar-refractivity contribution >= 4 is 28.5 Å². The van der Waals surface area contributed by atoms with E-state index in [-0.39, 0.29) is 5.91 Å². The Morgan fingerprint density at radius 2 is 1.88 bits per heavy atom. The van der Waals surface area contributed by atoms with E-state index in [2.05, 4.69) is 9.97 Å². The van der Waals surface area contributed by atoms with Crippen LogP contribution in [0.15, 0.2) is 48.5 Å². The van der Waals surface area contributed by atoms with Crippen molar-refractivity contribution in [3.05, 3.63) is 64.9 Å². The van der Waals surface area contributed by atoms with Gasteiger partial charge in [0, 0.05) is 31.5 Å². The molecular weight excluding hydrogens is 334 g/mol. The van der Waals surface area contributed by atoms with Crippen LogP contribution in [0.3, 0.4) is 0 Å². The minimum absolute atomic E-state index is 0.171. The smallest absolute Gasteiger partial charge is 0.222 e. The Bertz CT molecular complexity index is 809. The van der Waals surface area contributed by atoms with Crippen LogP contribution < -0.4 is 0 Å². The van der Waals surface area contributed by atoms with Gasteiger partial charge in [0.15, 0.2) is 0 Å². The van der Waals surface area contributed by atoms with E-state index in [0.29, 0.717) is 13.0 Å². The maximum Gasteiger partial charge on any atom is 0.222 e. The van der Waals surface area contributed by atoms with Gasteiger partial charge in [0.1, 0.15) is 5.82 Å². The van der Waals surface area contributed by atoms with E-state index < -0.39 is 0 Å². The molecule has 0 saturated heterocycles. The number of amides is 1. The molecule has 1 N–H and O–H groups in total. The predicted octanol–water partition coefficient (Wildman–Crippen LogP) is 4.24. The first-order valence-electron chi connectivity index (χ1n) is 8.54. The molecule has 3 aromatic rings. The largest absolute Gasteiger partial charge is 0.345 e. The molecule has 0 unspecified atom stereocenters. The number of para-hydroxylation sites is 2. The van der Waals surface area contributed by atoms with Gasteiger partial charge in [-0.3, -0.25) is 4.79 Å². The fourth-order valence-electron chi connectivity index (χ4n) is 2.81. The molecule has 0 radical (unpaired) electrons. The SMILES string of the molecule is CN(CCc1nc2ccccc2[nH]1)C(=O)CCCc1ccc(Cl)cc1. The second-order valence-electron chi connectivity index (χ2n) is 6.25. The number of fused-ring (bicyclic) bond motifs is 1. The van der Waals surface area contributed by atoms with Gasteiger partial charge in [-0.25, -0.2) is 4.98 Å². The van der Waals surface area contributed by atoms with E-state index in [0.717, 1.165) is 41.1 Å². The minimum Gasteiger partial charge on any atom is -0.345 e. The highest BCUT2D eigenvalue weighted by atomic mass is 35.5. The number of aromatic amines is 1. The molecule has 130 valence electrons. The zero-order valence-corrected chi connectivity index (χ0v) is 15.1. The predicted molar refractivity (Wildman–Crippen MR) is 102 cm³/mol. The summed E-state index contributed by atoms with van der Waals surface area (Å²) in [5.41, 5.74) is 3.21. The fourth-order valence-corrected chi connectivity index (χ4v) is 2.93. The fraction of sp³-hybridized carbons (Fsp3) is 0.300. The highest BCUT2D eigenvalue weighted by molar-refractivity contribution is 6.30. The molecule has 25 heavy (non-hydrogen) atoms. The number of hydrogen-bond donors (Lipinski definition) is 1. The van der Waals surface area contributed by atoms with Crippen molar-refractivity contribution in [2.75, 3.05) is 13.6 Å². The van der Waals surface area contributed by atoms with Gasteiger partial charge in [0.25, 0.3) is 0 Å². The van der Waals surface area contributed by atoms with E-state index in [4.69, 9.17) is 11.6 Å². The third-order valence-corrected chi connectivity index (χ3v) is 4.57. The maximum absolute atomic E-state index is 12.3. The number of rotatable bonds is 7. The van der Waals surface area contributed by atoms with Crippen LogP contribution in [0.25, 0.3) is 11.0 Å². The van der Waals surface area contributed by atoms with Crippen molar-refractivity contribution in [1.29, 1.82) is 0 Å². The summed E-state index contributed by atoms with van der Waals surface area (Å²) >= 11 is 5.88. The highest BCUT2D eigenvalue weighted by Crippen LogP contribution is 2.13. The van der Waals surface area contributed by atoms with Gasteiger partial charge in [-0.2, -0.15) is 0 Å². The molecule has 4 nitrogen and oxygen atoms in total. The van der Waals surface area contributed by atoms with Crippen LogP contribution in [0, 0.1) is 0 Å². The number of carbonyl (C=O) groups excluding carboxylic acids is 1. The third kappa shape index (κ3) is 4.83. The molecule has 1 amide bonds. The molecule has 0 saturated carbocycles. The van der Waals surface area contributed by atoms with Crippen LogP contribution in [0.2, 0.25) is 5.02 Å². The second-order valence-corrected chi connectivity index (χ2v) is 6.68. The van der Waals surface area contributed by atoms with Gasteiger partial charge in [-0.1, -0.05) is 35.9 Å². The zero-order valence-electron chi connectivity index (χ0n) is 14.3. The summed E-state index contributed by atoms with van der Waals surface area (Å²) in [5, 5.41) is 0.741. The molecule has 3 rings (SSSR count). The molecule has 0 aliphatic heterocycles. The Morgan fingerprint density at radius 3 is 2.64 bits per heavy atom. The number of aromatic nitrogens is 2. The van der Waals surface area contributed by atoms with Gasteiger partial charge >= 0.3 is 0 Å². The van der Waals surface area contributed by atoms with E-state index in [1.54, 1.807) is 4.90 Å². The lowest BCUT2D eigenvalue weighted by Crippen LogP contribution is -2.28. The van der Waals surface area contributed by atoms with Crippen molar-refractivity contribution in [3.63, 3.8) is 0 Å². The van der Waals surface area contributed by atoms with E-state index in [1.165, 1.54) is 5.56 Å². The van der Waals surface area contributed by atoms with Crippen molar-refractivity contribution in [1.82, 2.24) is 14.9 Å². The van der Waals surface area contributed by atoms with Gasteiger partial charge in [-0.05, 0) is 42.7 Å². The molecule has 1 heterocycles. The monoisotopic (exact) mass is 355 g/mol. The van der Waals surface area contributed by atoms with E-state index in [1.807, 2.05) is 55.6 Å². The minimum atomic E-state index is 0.171. The van der Waals surface area contributed by atoms with Crippen LogP contribution >= 0.6 is 11.6 Å². The molecular formula is C20H22ClN3O. The Balaban J connectivity index is 1.43. The molecule has 1 aromatic heterocycles. The molecule has 0 aliphatic rings. The Hall–Kier alpha value is -2.33. The number of nitrogens with one attached hydrogen (secondary N) is 1. The number of H-pyrrole nitrogens is 1. The maximum atomic E-state index is 12.3. The summed E-state index contributed by atoms with van der Waals surface area (Å²) < 4.78 is 0. The quantitative estimate of drug-likeness (QED) is 0.689. The van der Waals surface area contributed by atoms with Crippen LogP contribution in [-0.2, 0) is 17.6 Å². The first kappa shape index (κ1) is 17.5. The number of benzene rings is 2. The standard InChI is InChI=1S/C20H22ClN3O/c1-24(14-13-19-22-17-6-2-3-7-18(17)23-19)20(25)8-4-5-15-9-11-16(21)12-10-15/h2-3,6-7,9-12H,4-5,8,13-14H2,1H3,(H,22,23). The lowest BCUT2D eigenvalue weighted by molar-refractivity contribution is -0.129. The van der Waals surface area contributed by atoms with Crippen molar-refractivity contribution in [2.45, 2.75) is 25.7 Å². The summed E-state index contributed by atoms with van der Waals surface area (Å²) in [6.45, 7) is 0.666. The van der Waals surface area contributed by atoms with Crippen molar-refractivity contribution < 1.29 is 4.79 Å². The summed E-state index contributed by atoms with van der Waals surface area (Å²) in [5.74, 6) is 1.09. The lowest BCUT2D eigenvalue weighted by atomic mass is 10.1. The van der Waals surface area contributed by atoms with Gasteiger partial charge in [-0.15, -0.1) is 0 Å². The Kier molecular flexibility index (Phi) is 5.71. The summed E-state index contributed by atoms with van der Waals surface area (Å²) in [6.07, 6.45) is 3.02. The number of halogens is 1. The first-order chi connectivity index (χ1) is 12.1. The summed E-state index contributed by atoms with van der Waals surface area (Å²) in [6, 6.07) is 15.8. The normalized spacial score (nSPS) is 11.0. The lowest BCUT2D eigenvalue weighted by Gasteiger charge is -2.16. The van der Waals surface area contributed by atoms with Crippen LogP contribution in [0.1, 0.15) is 24.2 Å². The molecule has 2 aromatic carbocycles. The van der Waals surface area contributed by atoms with Crippen LogP contribution in [0.5, 0.6) is 0 Å². The number of imidazole rings is 1. The van der Waals surface area contributed by atoms with Crippen molar-refractivity contribution in [2.24, 2.45) is 0 Å². The number of nitrogens with zero attached hydrogens (tertiary/aromatic N) is 2. The molecule has 0 spiro atoms. The molecule has 0 atom stereocenters. The van der Waals surface area contributed by atoms with Crippen LogP contribution in [0.4, 0.5) is 0 Å². The third-order valence-electron chi connectivity index (χ3n) is 4.32. The Morgan fingerprint density at radius 1 is 1.12 bits per heavy atom. The number of carbonyl (C=O) groups is 1. The summed E-state index contributed by atoms with van der Waals surface area (Å²) in [4.78, 5) is 21.9. The number of hydrogen-bond acceptors (Lipinski definition) is 2. The van der Waals surface area contributed by atoms with Crippen LogP contribution in [-0.4, -0.2) is 34.4 Å². The highest BCUT2D eigenvalue weighted by Gasteiger charge is 2.10.